The van der Waals surface area contributed by atoms with Crippen LogP contribution in [0, 0.1) is 0 Å². The van der Waals surface area contributed by atoms with Gasteiger partial charge in [0, 0.05) is 17.3 Å². The highest BCUT2D eigenvalue weighted by atomic mass is 35.5. The molecule has 0 amide bonds. The molecule has 1 aromatic heterocycles. The van der Waals surface area contributed by atoms with Crippen molar-refractivity contribution in [2.45, 2.75) is 56.7 Å². The topological polar surface area (TPSA) is 164 Å². The summed E-state index contributed by atoms with van der Waals surface area (Å²) in [6, 6.07) is 3.88. The molecule has 1 aliphatic rings. The average Bonchev–Trinajstić information content (AvgIpc) is 3.10. The third kappa shape index (κ3) is 6.37. The number of rotatable bonds is 9. The van der Waals surface area contributed by atoms with E-state index in [9.17, 15) is 24.4 Å². The van der Waals surface area contributed by atoms with Crippen LogP contribution in [0.3, 0.4) is 0 Å². The zero-order valence-corrected chi connectivity index (χ0v) is 22.1. The monoisotopic (exact) mass is 581 g/mol. The van der Waals surface area contributed by atoms with Crippen LogP contribution in [0.4, 0.5) is 4.39 Å². The number of aromatic amines is 1. The van der Waals surface area contributed by atoms with Crippen LogP contribution in [0.25, 0.3) is 0 Å². The van der Waals surface area contributed by atoms with Gasteiger partial charge in [-0.2, -0.15) is 0 Å². The normalized spacial score (nSPS) is 25.5. The number of alkyl halides is 1. The molecule has 1 saturated heterocycles. The van der Waals surface area contributed by atoms with E-state index in [4.69, 9.17) is 37.2 Å². The lowest BCUT2D eigenvalue weighted by atomic mass is 9.93. The number of aromatic nitrogens is 2. The molecule has 2 aromatic rings. The molecule has 0 radical (unpaired) electrons. The van der Waals surface area contributed by atoms with Crippen molar-refractivity contribution in [1.29, 1.82) is 0 Å². The maximum atomic E-state index is 16.1. The van der Waals surface area contributed by atoms with E-state index in [-0.39, 0.29) is 22.2 Å². The smallest absolute Gasteiger partial charge is 0.346 e. The van der Waals surface area contributed by atoms with E-state index >= 15 is 4.39 Å². The Bertz CT molecular complexity index is 1290. The second-order valence-corrected chi connectivity index (χ2v) is 9.68. The number of nitrogens with zero attached hydrogens (tertiary/aromatic N) is 2. The third-order valence-corrected chi connectivity index (χ3v) is 7.01. The number of hydrogen-bond donors (Lipinski definition) is 2. The first kappa shape index (κ1) is 29.2. The van der Waals surface area contributed by atoms with Crippen LogP contribution in [0.15, 0.2) is 44.8 Å². The number of aliphatic hydroxyl groups is 1. The van der Waals surface area contributed by atoms with Gasteiger partial charge in [0.2, 0.25) is 0 Å². The molecule has 202 valence electrons. The number of hydrogen-bond acceptors (Lipinski definition) is 10. The van der Waals surface area contributed by atoms with Crippen LogP contribution < -0.4 is 20.9 Å². The van der Waals surface area contributed by atoms with Crippen molar-refractivity contribution in [2.24, 2.45) is 4.74 Å². The number of ether oxygens (including phenoxy) is 3. The number of halogens is 3. The van der Waals surface area contributed by atoms with Gasteiger partial charge in [0.15, 0.2) is 24.0 Å². The zero-order chi connectivity index (χ0) is 27.5. The molecule has 37 heavy (non-hydrogen) atoms. The summed E-state index contributed by atoms with van der Waals surface area (Å²) >= 11 is 12.1. The third-order valence-electron chi connectivity index (χ3n) is 5.55. The number of esters is 1. The van der Waals surface area contributed by atoms with E-state index in [1.54, 1.807) is 0 Å². The summed E-state index contributed by atoms with van der Waals surface area (Å²) in [5.74, 6) is -0.851. The predicted octanol–water partition coefficient (Wildman–Crippen LogP) is 2.06. The largest absolute Gasteiger partial charge is 0.583 e. The molecule has 0 bridgehead atoms. The number of H-pyrrole nitrogens is 1. The summed E-state index contributed by atoms with van der Waals surface area (Å²) < 4.78 is 41.8. The molecule has 0 saturated carbocycles. The van der Waals surface area contributed by atoms with E-state index in [1.807, 2.05) is 4.98 Å². The lowest BCUT2D eigenvalue weighted by molar-refractivity contribution is -0.206. The molecule has 0 aliphatic carbocycles. The molecular weight excluding hydrogens is 559 g/mol. The molecule has 7 atom stereocenters. The van der Waals surface area contributed by atoms with Gasteiger partial charge < -0.3 is 24.2 Å². The summed E-state index contributed by atoms with van der Waals surface area (Å²) in [5.41, 5.74) is -4.30. The quantitative estimate of drug-likeness (QED) is 0.256. The summed E-state index contributed by atoms with van der Waals surface area (Å²) in [6.45, 7) is 2.71. The highest BCUT2D eigenvalue weighted by Gasteiger charge is 2.61. The fourth-order valence-corrected chi connectivity index (χ4v) is 4.81. The number of carbonyl (C=O) groups is 1. The average molecular weight is 582 g/mol. The number of benzene rings is 1. The van der Waals surface area contributed by atoms with Gasteiger partial charge in [0.1, 0.15) is 11.9 Å². The van der Waals surface area contributed by atoms with Crippen LogP contribution in [0.5, 0.6) is 5.75 Å². The van der Waals surface area contributed by atoms with Crippen molar-refractivity contribution in [3.8, 4) is 5.75 Å². The van der Waals surface area contributed by atoms with Gasteiger partial charge in [0.05, 0.1) is 12.1 Å². The molecule has 2 unspecified atom stereocenters. The van der Waals surface area contributed by atoms with Gasteiger partial charge in [-0.1, -0.05) is 34.9 Å². The number of nitrogens with one attached hydrogen (secondary N) is 1. The maximum absolute atomic E-state index is 16.1. The predicted molar refractivity (Wildman–Crippen MR) is 128 cm³/mol. The first-order chi connectivity index (χ1) is 17.4. The van der Waals surface area contributed by atoms with E-state index in [1.165, 1.54) is 32.0 Å². The van der Waals surface area contributed by atoms with Crippen molar-refractivity contribution in [3.05, 3.63) is 61.3 Å². The Kier molecular flexibility index (Phi) is 9.46. The Balaban J connectivity index is 2.02. The van der Waals surface area contributed by atoms with Gasteiger partial charge >= 0.3 is 19.8 Å². The maximum Gasteiger partial charge on any atom is 0.346 e. The van der Waals surface area contributed by atoms with Gasteiger partial charge in [-0.15, -0.1) is 4.52 Å². The molecule has 2 heterocycles. The SMILES string of the molecule is CC[C@@]1(F)[C@H](O)[C@H](C(Oc2ccc(Cl)cc2Cl)O[P+]([O-])=N[C@@H](C)C(=O)OC)O[C@H]1n1ccc(=O)[nH]c1=O. The minimum absolute atomic E-state index is 0.000844. The summed E-state index contributed by atoms with van der Waals surface area (Å²) in [6.07, 6.45) is -6.56. The minimum Gasteiger partial charge on any atom is -0.583 e. The van der Waals surface area contributed by atoms with Crippen LogP contribution in [0.1, 0.15) is 26.5 Å². The van der Waals surface area contributed by atoms with E-state index in [0.29, 0.717) is 0 Å². The molecule has 3 rings (SSSR count). The second-order valence-electron chi connectivity index (χ2n) is 7.91. The van der Waals surface area contributed by atoms with Crippen LogP contribution in [0.2, 0.25) is 10.0 Å². The number of methoxy groups -OCH3 is 1. The van der Waals surface area contributed by atoms with Gasteiger partial charge in [-0.05, 0) is 31.5 Å². The minimum atomic E-state index is -3.01. The fourth-order valence-electron chi connectivity index (χ4n) is 3.58. The van der Waals surface area contributed by atoms with Crippen molar-refractivity contribution >= 4 is 37.3 Å². The van der Waals surface area contributed by atoms with Crippen LogP contribution in [-0.4, -0.2) is 57.9 Å². The molecule has 1 aliphatic heterocycles. The molecule has 0 spiro atoms. The van der Waals surface area contributed by atoms with Crippen LogP contribution in [-0.2, 0) is 18.8 Å². The molecule has 1 fully saturated rings. The van der Waals surface area contributed by atoms with Crippen LogP contribution >= 0.6 is 31.4 Å². The Labute approximate surface area is 220 Å². The van der Waals surface area contributed by atoms with Crippen molar-refractivity contribution in [1.82, 2.24) is 9.55 Å². The van der Waals surface area contributed by atoms with Crippen molar-refractivity contribution in [2.75, 3.05) is 7.11 Å². The number of aliphatic hydroxyl groups excluding tert-OH is 1. The van der Waals surface area contributed by atoms with Crippen molar-refractivity contribution < 1.29 is 37.9 Å². The highest BCUT2D eigenvalue weighted by molar-refractivity contribution is 7.33. The summed E-state index contributed by atoms with van der Waals surface area (Å²) in [5, 5.41) is 11.2. The lowest BCUT2D eigenvalue weighted by Gasteiger charge is -2.28. The molecule has 16 heteroatoms. The Morgan fingerprint density at radius 3 is 2.70 bits per heavy atom. The fraction of sp³-hybridized carbons (Fsp3) is 0.476. The Morgan fingerprint density at radius 2 is 2.11 bits per heavy atom. The second kappa shape index (κ2) is 12.0. The molecular formula is C21H23Cl2FN3O9P. The summed E-state index contributed by atoms with van der Waals surface area (Å²) in [7, 11) is -1.89. The molecule has 2 N–H and O–H groups in total. The lowest BCUT2D eigenvalue weighted by Crippen LogP contribution is -2.48. The van der Waals surface area contributed by atoms with Gasteiger partial charge in [0.25, 0.3) is 11.8 Å². The van der Waals surface area contributed by atoms with E-state index < -0.39 is 61.8 Å². The molecule has 1 aromatic carbocycles. The number of carbonyl (C=O) groups excluding carboxylic acids is 1. The van der Waals surface area contributed by atoms with Crippen molar-refractivity contribution in [3.63, 3.8) is 0 Å². The van der Waals surface area contributed by atoms with E-state index in [0.717, 1.165) is 23.9 Å². The van der Waals surface area contributed by atoms with E-state index in [2.05, 4.69) is 9.48 Å². The first-order valence-corrected chi connectivity index (χ1v) is 12.7. The molecule has 12 nitrogen and oxygen atoms in total. The summed E-state index contributed by atoms with van der Waals surface area (Å²) in [4.78, 5) is 50.1. The Morgan fingerprint density at radius 1 is 1.41 bits per heavy atom. The van der Waals surface area contributed by atoms with Gasteiger partial charge in [-0.3, -0.25) is 14.3 Å². The standard InChI is InChI=1S/C21H23Cl2FN3O9P/c1-4-21(24)16(29)15(35-19(21)27-8-7-14(28)25-20(27)31)18(34-13-6-5-11(22)9-12(13)23)36-37(32)26-10(2)17(30)33-3/h5-10,15-16,18-19,29H,4H2,1-3H3,(H,25,28,31)/t10-,15+,16+,18?,19+,21+/m0/s1. The first-order valence-electron chi connectivity index (χ1n) is 10.8. The Hall–Kier alpha value is -2.38. The highest BCUT2D eigenvalue weighted by Crippen LogP contribution is 2.46. The van der Waals surface area contributed by atoms with Gasteiger partial charge in [-0.25, -0.2) is 14.0 Å². The zero-order valence-electron chi connectivity index (χ0n) is 19.7.